The summed E-state index contributed by atoms with van der Waals surface area (Å²) < 4.78 is 17.9. The van der Waals surface area contributed by atoms with E-state index < -0.39 is 12.0 Å². The number of aryl methyl sites for hydroxylation is 2. The Bertz CT molecular complexity index is 1470. The Morgan fingerprint density at radius 3 is 2.49 bits per heavy atom. The number of rotatable bonds is 11. The van der Waals surface area contributed by atoms with E-state index in [9.17, 15) is 9.59 Å². The molecule has 9 heteroatoms. The lowest BCUT2D eigenvalue weighted by molar-refractivity contribution is -0.147. The molecule has 0 aliphatic carbocycles. The molecule has 2 heterocycles. The van der Waals surface area contributed by atoms with Crippen LogP contribution in [0.25, 0.3) is 16.9 Å². The Morgan fingerprint density at radius 2 is 1.79 bits per heavy atom. The van der Waals surface area contributed by atoms with Crippen LogP contribution in [0, 0.1) is 13.8 Å². The van der Waals surface area contributed by atoms with Gasteiger partial charge in [0, 0.05) is 41.9 Å². The van der Waals surface area contributed by atoms with Gasteiger partial charge in [0.05, 0.1) is 26.5 Å². The van der Waals surface area contributed by atoms with Gasteiger partial charge in [-0.1, -0.05) is 30.3 Å². The lowest BCUT2D eigenvalue weighted by Crippen LogP contribution is -2.43. The maximum atomic E-state index is 12.9. The van der Waals surface area contributed by atoms with Crippen LogP contribution in [0.1, 0.15) is 35.9 Å². The zero-order chi connectivity index (χ0) is 27.9. The molecule has 0 radical (unpaired) electrons. The number of aromatic nitrogens is 3. The van der Waals surface area contributed by atoms with E-state index >= 15 is 0 Å². The predicted molar refractivity (Wildman–Crippen MR) is 148 cm³/mol. The van der Waals surface area contributed by atoms with Crippen molar-refractivity contribution < 1.29 is 23.8 Å². The molecule has 0 aliphatic rings. The van der Waals surface area contributed by atoms with Gasteiger partial charge in [0.1, 0.15) is 17.5 Å². The Morgan fingerprint density at radius 1 is 1.03 bits per heavy atom. The molecule has 2 aromatic heterocycles. The Labute approximate surface area is 228 Å². The van der Waals surface area contributed by atoms with Crippen LogP contribution in [0.4, 0.5) is 0 Å². The van der Waals surface area contributed by atoms with Crippen molar-refractivity contribution in [1.29, 1.82) is 0 Å². The van der Waals surface area contributed by atoms with E-state index in [0.29, 0.717) is 30.0 Å². The Balaban J connectivity index is 1.52. The van der Waals surface area contributed by atoms with Crippen LogP contribution in [-0.2, 0) is 27.2 Å². The summed E-state index contributed by atoms with van der Waals surface area (Å²) >= 11 is 0. The van der Waals surface area contributed by atoms with Crippen LogP contribution in [0.15, 0.2) is 54.6 Å². The van der Waals surface area contributed by atoms with Gasteiger partial charge < -0.3 is 19.5 Å². The molecule has 0 saturated carbocycles. The molecule has 204 valence electrons. The first-order valence-electron chi connectivity index (χ1n) is 12.9. The summed E-state index contributed by atoms with van der Waals surface area (Å²) in [7, 11) is 3.22. The smallest absolute Gasteiger partial charge is 0.328 e. The first-order valence-corrected chi connectivity index (χ1v) is 12.9. The fraction of sp³-hybridized carbons (Fsp3) is 0.333. The van der Waals surface area contributed by atoms with Crippen LogP contribution < -0.4 is 14.8 Å². The zero-order valence-electron chi connectivity index (χ0n) is 23.0. The summed E-state index contributed by atoms with van der Waals surface area (Å²) in [6.07, 6.45) is 1.01. The van der Waals surface area contributed by atoms with Gasteiger partial charge in [0.15, 0.2) is 5.65 Å². The van der Waals surface area contributed by atoms with Crippen molar-refractivity contribution in [2.75, 3.05) is 20.8 Å². The largest absolute Gasteiger partial charge is 0.497 e. The third-order valence-electron chi connectivity index (χ3n) is 6.64. The van der Waals surface area contributed by atoms with Gasteiger partial charge >= 0.3 is 5.97 Å². The van der Waals surface area contributed by atoms with Crippen molar-refractivity contribution in [1.82, 2.24) is 19.9 Å². The summed E-state index contributed by atoms with van der Waals surface area (Å²) in [6, 6.07) is 16.3. The quantitative estimate of drug-likeness (QED) is 0.289. The zero-order valence-corrected chi connectivity index (χ0v) is 23.0. The molecule has 0 fully saturated rings. The highest BCUT2D eigenvalue weighted by atomic mass is 16.5. The Kier molecular flexibility index (Phi) is 8.81. The van der Waals surface area contributed by atoms with E-state index in [4.69, 9.17) is 24.3 Å². The lowest BCUT2D eigenvalue weighted by Gasteiger charge is -2.18. The minimum Gasteiger partial charge on any atom is -0.497 e. The van der Waals surface area contributed by atoms with Gasteiger partial charge in [-0.15, -0.1) is 0 Å². The molecule has 0 aliphatic heterocycles. The molecule has 2 aromatic carbocycles. The van der Waals surface area contributed by atoms with Crippen molar-refractivity contribution in [2.24, 2.45) is 0 Å². The molecule has 0 bridgehead atoms. The highest BCUT2D eigenvalue weighted by Gasteiger charge is 2.23. The number of nitrogens with one attached hydrogen (secondary N) is 1. The molecule has 9 nitrogen and oxygen atoms in total. The molecular weight excluding hydrogens is 496 g/mol. The van der Waals surface area contributed by atoms with E-state index in [1.807, 2.05) is 68.4 Å². The van der Waals surface area contributed by atoms with Crippen molar-refractivity contribution in [3.8, 4) is 22.8 Å². The number of amides is 1. The number of carbonyl (C=O) groups excluding carboxylic acids is 2. The highest BCUT2D eigenvalue weighted by molar-refractivity contribution is 5.85. The van der Waals surface area contributed by atoms with E-state index in [0.717, 1.165) is 33.8 Å². The number of nitrogens with zero attached hydrogens (tertiary/aromatic N) is 3. The van der Waals surface area contributed by atoms with Gasteiger partial charge in [-0.2, -0.15) is 5.10 Å². The molecule has 1 amide bonds. The minimum absolute atomic E-state index is 0.194. The first kappa shape index (κ1) is 27.6. The van der Waals surface area contributed by atoms with E-state index in [1.54, 1.807) is 25.7 Å². The Hall–Kier alpha value is -4.40. The van der Waals surface area contributed by atoms with Gasteiger partial charge in [-0.3, -0.25) is 4.79 Å². The fourth-order valence-corrected chi connectivity index (χ4v) is 4.62. The van der Waals surface area contributed by atoms with E-state index in [1.165, 1.54) is 0 Å². The lowest BCUT2D eigenvalue weighted by atomic mass is 10.0. The SMILES string of the molecule is CCOC(=O)[C@@H](Cc1ccccc1)NC(=O)CCc1c(C)nc2cc(-c3ccc(OC)cc3OC)nn2c1C. The second kappa shape index (κ2) is 12.4. The molecule has 0 unspecified atom stereocenters. The summed E-state index contributed by atoms with van der Waals surface area (Å²) in [6.45, 7) is 5.89. The summed E-state index contributed by atoms with van der Waals surface area (Å²) in [5.41, 5.74) is 5.85. The fourth-order valence-electron chi connectivity index (χ4n) is 4.62. The molecule has 1 atom stereocenters. The number of carbonyl (C=O) groups is 2. The average Bonchev–Trinajstić information content (AvgIpc) is 3.36. The van der Waals surface area contributed by atoms with Gasteiger partial charge in [-0.25, -0.2) is 14.3 Å². The molecule has 1 N–H and O–H groups in total. The predicted octanol–water partition coefficient (Wildman–Crippen LogP) is 4.25. The number of esters is 1. The van der Waals surface area contributed by atoms with Crippen LogP contribution in [-0.4, -0.2) is 53.3 Å². The topological polar surface area (TPSA) is 104 Å². The molecule has 4 rings (SSSR count). The van der Waals surface area contributed by atoms with Crippen LogP contribution >= 0.6 is 0 Å². The van der Waals surface area contributed by atoms with Crippen molar-refractivity contribution in [3.05, 3.63) is 77.1 Å². The number of methoxy groups -OCH3 is 2. The third kappa shape index (κ3) is 6.37. The summed E-state index contributed by atoms with van der Waals surface area (Å²) in [5, 5.41) is 7.65. The van der Waals surface area contributed by atoms with Crippen molar-refractivity contribution in [3.63, 3.8) is 0 Å². The van der Waals surface area contributed by atoms with Crippen LogP contribution in [0.3, 0.4) is 0 Å². The normalized spacial score (nSPS) is 11.7. The van der Waals surface area contributed by atoms with Crippen LogP contribution in [0.5, 0.6) is 11.5 Å². The number of fused-ring (bicyclic) bond motifs is 1. The number of hydrogen-bond acceptors (Lipinski definition) is 7. The van der Waals surface area contributed by atoms with Crippen molar-refractivity contribution in [2.45, 2.75) is 46.1 Å². The maximum Gasteiger partial charge on any atom is 0.328 e. The van der Waals surface area contributed by atoms with Gasteiger partial charge in [0.25, 0.3) is 0 Å². The molecule has 4 aromatic rings. The standard InChI is InChI=1S/C30H34N4O5/c1-6-39-30(36)26(16-21-10-8-7-9-11-21)32-29(35)15-14-23-19(2)31-28-18-25(33-34(28)20(23)3)24-13-12-22(37-4)17-27(24)38-5/h7-13,17-18,26H,6,14-16H2,1-5H3,(H,32,35)/t26-/m1/s1. The van der Waals surface area contributed by atoms with Gasteiger partial charge in [-0.05, 0) is 50.5 Å². The molecule has 0 spiro atoms. The number of benzene rings is 2. The second-order valence-corrected chi connectivity index (χ2v) is 9.19. The molecule has 39 heavy (non-hydrogen) atoms. The maximum absolute atomic E-state index is 12.9. The van der Waals surface area contributed by atoms with Gasteiger partial charge in [0.2, 0.25) is 5.91 Å². The summed E-state index contributed by atoms with van der Waals surface area (Å²) in [5.74, 6) is 0.671. The average molecular weight is 531 g/mol. The van der Waals surface area contributed by atoms with Crippen molar-refractivity contribution >= 4 is 17.5 Å². The van der Waals surface area contributed by atoms with E-state index in [2.05, 4.69) is 5.32 Å². The minimum atomic E-state index is -0.754. The summed E-state index contributed by atoms with van der Waals surface area (Å²) in [4.78, 5) is 30.2. The van der Waals surface area contributed by atoms with E-state index in [-0.39, 0.29) is 18.9 Å². The number of ether oxygens (including phenoxy) is 3. The third-order valence-corrected chi connectivity index (χ3v) is 6.64. The molecular formula is C30H34N4O5. The second-order valence-electron chi connectivity index (χ2n) is 9.19. The van der Waals surface area contributed by atoms with Crippen LogP contribution in [0.2, 0.25) is 0 Å². The molecule has 0 saturated heterocycles. The first-order chi connectivity index (χ1) is 18.8. The number of hydrogen-bond donors (Lipinski definition) is 1. The monoisotopic (exact) mass is 530 g/mol. The highest BCUT2D eigenvalue weighted by Crippen LogP contribution is 2.33.